The summed E-state index contributed by atoms with van der Waals surface area (Å²) >= 11 is 0. The first-order chi connectivity index (χ1) is 27.6. The van der Waals surface area contributed by atoms with Crippen molar-refractivity contribution in [3.8, 4) is 11.1 Å². The molecule has 5 aromatic carbocycles. The van der Waals surface area contributed by atoms with Gasteiger partial charge in [0.25, 0.3) is 5.69 Å². The predicted octanol–water partition coefficient (Wildman–Crippen LogP) is 6.99. The van der Waals surface area contributed by atoms with E-state index in [0.29, 0.717) is 12.0 Å². The molecular formula is C38H37NO2Si. The summed E-state index contributed by atoms with van der Waals surface area (Å²) in [5.41, 5.74) is -2.69. The molecule has 210 valence electrons. The van der Waals surface area contributed by atoms with Gasteiger partial charge in [-0.05, 0) is 67.2 Å². The Morgan fingerprint density at radius 2 is 1.14 bits per heavy atom. The van der Waals surface area contributed by atoms with E-state index >= 15 is 0 Å². The Bertz CT molecular complexity index is 2600. The maximum absolute atomic E-state index is 12.4. The molecule has 0 atom stereocenters. The van der Waals surface area contributed by atoms with Gasteiger partial charge in [0.05, 0.1) is 35.2 Å². The second kappa shape index (κ2) is 10.5. The summed E-state index contributed by atoms with van der Waals surface area (Å²) in [5.74, 6) is 0. The average molecular weight is 586 g/mol. The number of fused-ring (bicyclic) bond motifs is 1. The van der Waals surface area contributed by atoms with Crippen molar-refractivity contribution in [3.05, 3.63) is 148 Å². The molecule has 0 heterocycles. The van der Waals surface area contributed by atoms with Gasteiger partial charge in [0.1, 0.15) is 0 Å². The average Bonchev–Trinajstić information content (AvgIpc) is 3.19. The number of nitro benzene ring substituents is 1. The summed E-state index contributed by atoms with van der Waals surface area (Å²) in [7, 11) is -5.47. The third-order valence-corrected chi connectivity index (χ3v) is 12.3. The lowest BCUT2D eigenvalue weighted by molar-refractivity contribution is -0.384. The lowest BCUT2D eigenvalue weighted by Crippen LogP contribution is -2.74. The molecule has 4 heteroatoms. The largest absolute Gasteiger partial charge is 0.277 e. The van der Waals surface area contributed by atoms with Crippen LogP contribution in [0.2, 0.25) is 0 Å². The van der Waals surface area contributed by atoms with E-state index in [-0.39, 0.29) is 5.19 Å². The maximum Gasteiger partial charge on any atom is 0.277 e. The molecule has 6 rings (SSSR count). The van der Waals surface area contributed by atoms with Crippen LogP contribution in [0.15, 0.2) is 127 Å². The normalized spacial score (nSPS) is 21.5. The van der Waals surface area contributed by atoms with E-state index < -0.39 is 165 Å². The molecular weight excluding hydrogens is 531 g/mol. The number of para-hydroxylation sites is 1. The fourth-order valence-corrected chi connectivity index (χ4v) is 9.56. The van der Waals surface area contributed by atoms with Gasteiger partial charge in [-0.3, -0.25) is 10.1 Å². The Morgan fingerprint density at radius 1 is 0.643 bits per heavy atom. The van der Waals surface area contributed by atoms with Crippen molar-refractivity contribution in [1.29, 1.82) is 0 Å². The summed E-state index contributed by atoms with van der Waals surface area (Å²) in [5, 5.41) is 10.4. The zero-order chi connectivity index (χ0) is 45.2. The lowest BCUT2D eigenvalue weighted by Gasteiger charge is -2.43. The van der Waals surface area contributed by atoms with Gasteiger partial charge < -0.3 is 0 Å². The number of nitrogens with zero attached hydrogens (tertiary/aromatic N) is 1. The van der Waals surface area contributed by atoms with E-state index in [0.717, 1.165) is 12.0 Å². The third kappa shape index (κ3) is 4.60. The van der Waals surface area contributed by atoms with Crippen LogP contribution in [-0.2, 0) is 10.8 Å². The third-order valence-electron chi connectivity index (χ3n) is 8.14. The van der Waals surface area contributed by atoms with Crippen molar-refractivity contribution in [3.63, 3.8) is 0 Å². The van der Waals surface area contributed by atoms with Gasteiger partial charge in [0, 0.05) is 6.04 Å². The highest BCUT2D eigenvalue weighted by molar-refractivity contribution is 7.19. The molecule has 42 heavy (non-hydrogen) atoms. The molecule has 0 bridgehead atoms. The fraction of sp³-hybridized carbons (Fsp3) is 0.211. The predicted molar refractivity (Wildman–Crippen MR) is 177 cm³/mol. The van der Waals surface area contributed by atoms with Crippen LogP contribution in [0.5, 0.6) is 0 Å². The second-order valence-electron chi connectivity index (χ2n) is 11.5. The Morgan fingerprint density at radius 3 is 1.71 bits per heavy atom. The fourth-order valence-electron chi connectivity index (χ4n) is 5.75. The molecule has 0 saturated carbocycles. The van der Waals surface area contributed by atoms with Crippen molar-refractivity contribution in [2.45, 2.75) is 51.4 Å². The van der Waals surface area contributed by atoms with Crippen molar-refractivity contribution >= 4 is 34.5 Å². The van der Waals surface area contributed by atoms with Crippen LogP contribution in [0, 0.1) is 10.1 Å². The van der Waals surface area contributed by atoms with Crippen molar-refractivity contribution in [2.75, 3.05) is 0 Å². The van der Waals surface area contributed by atoms with Crippen LogP contribution >= 0.6 is 0 Å². The van der Waals surface area contributed by atoms with Crippen LogP contribution in [-0.4, -0.2) is 13.0 Å². The smallest absolute Gasteiger partial charge is 0.258 e. The van der Waals surface area contributed by atoms with Crippen LogP contribution in [0.4, 0.5) is 5.69 Å². The highest BCUT2D eigenvalue weighted by atomic mass is 28.3. The highest BCUT2D eigenvalue weighted by Crippen LogP contribution is 2.45. The maximum atomic E-state index is 12.4. The number of hydrogen-bond acceptors (Lipinski definition) is 2. The molecule has 1 aliphatic rings. The zero-order valence-corrected chi connectivity index (χ0v) is 24.4. The van der Waals surface area contributed by atoms with Crippen LogP contribution < -0.4 is 20.7 Å². The van der Waals surface area contributed by atoms with E-state index in [1.54, 1.807) is 12.1 Å². The Labute approximate surface area is 275 Å². The van der Waals surface area contributed by atoms with Gasteiger partial charge in [-0.1, -0.05) is 143 Å². The van der Waals surface area contributed by atoms with E-state index in [4.69, 9.17) is 13.7 Å². The van der Waals surface area contributed by atoms with Gasteiger partial charge in [0.2, 0.25) is 0 Å². The van der Waals surface area contributed by atoms with E-state index in [1.165, 1.54) is 6.07 Å². The van der Waals surface area contributed by atoms with Gasteiger partial charge in [-0.2, -0.15) is 0 Å². The summed E-state index contributed by atoms with van der Waals surface area (Å²) in [6, 6.07) is -12.7. The topological polar surface area (TPSA) is 43.1 Å². The number of nitro groups is 1. The lowest BCUT2D eigenvalue weighted by atomic mass is 9.63. The van der Waals surface area contributed by atoms with Crippen molar-refractivity contribution in [2.24, 2.45) is 0 Å². The van der Waals surface area contributed by atoms with E-state index in [1.807, 2.05) is 27.7 Å². The first-order valence-corrected chi connectivity index (χ1v) is 15.3. The monoisotopic (exact) mass is 585 g/mol. The molecule has 0 saturated heterocycles. The van der Waals surface area contributed by atoms with Crippen LogP contribution in [0.3, 0.4) is 0 Å². The second-order valence-corrected chi connectivity index (χ2v) is 15.1. The summed E-state index contributed by atoms with van der Waals surface area (Å²) in [6.07, 6.45) is 1.37. The molecule has 0 spiro atoms. The Hall–Kier alpha value is -4.28. The molecule has 0 radical (unpaired) electrons. The number of benzene rings is 5. The number of hydrogen-bond donors (Lipinski definition) is 0. The van der Waals surface area contributed by atoms with Crippen LogP contribution in [0.25, 0.3) is 11.1 Å². The quantitative estimate of drug-likeness (QED) is 0.0933. The molecule has 0 aliphatic heterocycles. The molecule has 0 fully saturated rings. The van der Waals surface area contributed by atoms with Crippen molar-refractivity contribution < 1.29 is 29.6 Å². The highest BCUT2D eigenvalue weighted by Gasteiger charge is 2.44. The summed E-state index contributed by atoms with van der Waals surface area (Å²) < 4.78 is 161. The van der Waals surface area contributed by atoms with E-state index in [2.05, 4.69) is 0 Å². The first kappa shape index (κ1) is 13.8. The minimum absolute atomic E-state index is 0.0229. The Balaban J connectivity index is 2.02. The molecule has 0 aromatic heterocycles. The minimum Gasteiger partial charge on any atom is -0.258 e. The van der Waals surface area contributed by atoms with Crippen LogP contribution in [0.1, 0.15) is 76.3 Å². The molecule has 0 unspecified atom stereocenters. The first-order valence-electron chi connectivity index (χ1n) is 22.3. The SMILES string of the molecule is [2H]c1c([2H])c([2H])c([Si](c2ccc3c(c2)C(C)(C)CCC3(C)C)(c2c([2H])c([2H])c([2H])c([2H])c2[2H])c2c([2H])c([2H])c(-c3c([2H])c([2H])c([2H])c([2H])c3[N+](=O)[O-])c([2H])c2[2H])c([2H])c1[2H]. The number of rotatable bonds is 6. The molecule has 0 N–H and O–H groups in total. The van der Waals surface area contributed by atoms with E-state index in [9.17, 15) is 21.1 Å². The summed E-state index contributed by atoms with van der Waals surface area (Å²) in [4.78, 5) is 11.3. The Kier molecular flexibility index (Phi) is 3.46. The minimum atomic E-state index is -5.47. The van der Waals surface area contributed by atoms with Crippen molar-refractivity contribution in [1.82, 2.24) is 0 Å². The van der Waals surface area contributed by atoms with Gasteiger partial charge >= 0.3 is 0 Å². The zero-order valence-electron chi connectivity index (χ0n) is 41.4. The van der Waals surface area contributed by atoms with Gasteiger partial charge in [-0.25, -0.2) is 0 Å². The molecule has 3 nitrogen and oxygen atoms in total. The summed E-state index contributed by atoms with van der Waals surface area (Å²) in [6.45, 7) is 7.91. The standard InChI is InChI=1S/C38H37NO2Si/c1-37(2)25-26-38(3,4)35-27-32(23-24-34(35)37)42(29-13-7-5-8-14-29,30-15-9-6-10-16-30)31-21-19-28(20-22-31)33-17-11-12-18-36(33)39(40)41/h5-24,27H,25-26H2,1-4H3/i5D,6D,7D,8D,9D,10D,11D,12D,13D,14D,15D,16D,17D,18D,19D,20D,21D,22D. The molecule has 5 aromatic rings. The molecule has 1 aliphatic carbocycles. The van der Waals surface area contributed by atoms with Gasteiger partial charge in [0.15, 0.2) is 8.07 Å². The van der Waals surface area contributed by atoms with Gasteiger partial charge in [-0.15, -0.1) is 0 Å². The molecule has 0 amide bonds.